The Hall–Kier alpha value is -3.59. The Kier molecular flexibility index (Phi) is 9.73. The summed E-state index contributed by atoms with van der Waals surface area (Å²) in [5, 5.41) is 1.55. The molecule has 8 nitrogen and oxygen atoms in total. The van der Waals surface area contributed by atoms with Crippen molar-refractivity contribution < 1.29 is 22.5 Å². The molecule has 11 heteroatoms. The Morgan fingerprint density at radius 3 is 2.30 bits per heavy atom. The van der Waals surface area contributed by atoms with Crippen molar-refractivity contribution in [2.75, 3.05) is 38.1 Å². The van der Waals surface area contributed by atoms with Gasteiger partial charge in [0.2, 0.25) is 5.16 Å². The zero-order valence-electron chi connectivity index (χ0n) is 28.0. The first-order valence-electron chi connectivity index (χ1n) is 15.7. The molecule has 3 heterocycles. The topological polar surface area (TPSA) is 94.8 Å². The molecule has 1 unspecified atom stereocenters. The number of halogens is 1. The van der Waals surface area contributed by atoms with E-state index < -0.39 is 30.3 Å². The van der Waals surface area contributed by atoms with Crippen LogP contribution in [0.15, 0.2) is 38.6 Å². The number of nitrogens with zero attached hydrogens (tertiary/aromatic N) is 3. The van der Waals surface area contributed by atoms with Crippen molar-refractivity contribution in [1.82, 2.24) is 9.97 Å². The van der Waals surface area contributed by atoms with Gasteiger partial charge in [-0.1, -0.05) is 53.5 Å². The first-order valence-corrected chi connectivity index (χ1v) is 19.5. The number of aromatic nitrogens is 2. The second kappa shape index (κ2) is 13.3. The molecule has 1 aliphatic heterocycles. The van der Waals surface area contributed by atoms with Gasteiger partial charge in [-0.25, -0.2) is 19.2 Å². The van der Waals surface area contributed by atoms with E-state index in [2.05, 4.69) is 63.0 Å². The number of benzene rings is 2. The van der Waals surface area contributed by atoms with Gasteiger partial charge in [-0.15, -0.1) is 5.54 Å². The van der Waals surface area contributed by atoms with Crippen LogP contribution in [0.2, 0.25) is 16.6 Å². The molecule has 244 valence electrons. The predicted octanol–water partition coefficient (Wildman–Crippen LogP) is 7.35. The van der Waals surface area contributed by atoms with Crippen LogP contribution in [0, 0.1) is 24.2 Å². The van der Waals surface area contributed by atoms with Gasteiger partial charge >= 0.3 is 5.63 Å². The number of anilines is 1. The predicted molar refractivity (Wildman–Crippen MR) is 185 cm³/mol. The molecule has 1 atom stereocenters. The van der Waals surface area contributed by atoms with Crippen molar-refractivity contribution in [3.63, 3.8) is 0 Å². The average molecular weight is 664 g/mol. The summed E-state index contributed by atoms with van der Waals surface area (Å²) < 4.78 is 45.7. The van der Waals surface area contributed by atoms with Crippen LogP contribution in [-0.4, -0.2) is 55.5 Å². The van der Waals surface area contributed by atoms with Gasteiger partial charge in [-0.2, -0.15) is 0 Å². The lowest BCUT2D eigenvalue weighted by Gasteiger charge is -2.38. The zero-order valence-corrected chi connectivity index (χ0v) is 29.9. The van der Waals surface area contributed by atoms with E-state index in [4.69, 9.17) is 13.9 Å². The van der Waals surface area contributed by atoms with E-state index in [1.807, 2.05) is 4.90 Å². The number of hydrogen-bond acceptors (Lipinski definition) is 8. The van der Waals surface area contributed by atoms with Gasteiger partial charge in [-0.3, -0.25) is 4.21 Å². The average Bonchev–Trinajstić information content (AvgIpc) is 2.97. The second-order valence-electron chi connectivity index (χ2n) is 12.9. The summed E-state index contributed by atoms with van der Waals surface area (Å²) in [5.41, 5.74) is 5.66. The van der Waals surface area contributed by atoms with E-state index in [1.165, 1.54) is 19.4 Å². The van der Waals surface area contributed by atoms with Crippen molar-refractivity contribution in [2.45, 2.75) is 76.7 Å². The fraction of sp³-hybridized carbons (Fsp3) is 0.457. The van der Waals surface area contributed by atoms with Gasteiger partial charge in [0.1, 0.15) is 36.6 Å². The molecule has 1 aliphatic rings. The molecule has 1 fully saturated rings. The summed E-state index contributed by atoms with van der Waals surface area (Å²) in [5.74, 6) is 3.94. The highest BCUT2D eigenvalue weighted by molar-refractivity contribution is 7.84. The van der Waals surface area contributed by atoms with Crippen LogP contribution in [0.1, 0.15) is 59.1 Å². The highest BCUT2D eigenvalue weighted by atomic mass is 32.2. The molecule has 2 aromatic heterocycles. The first kappa shape index (κ1) is 33.8. The van der Waals surface area contributed by atoms with Crippen molar-refractivity contribution in [3.05, 3.63) is 51.6 Å². The molecule has 0 amide bonds. The maximum atomic E-state index is 16.0. The van der Waals surface area contributed by atoms with E-state index in [0.29, 0.717) is 55.6 Å². The van der Waals surface area contributed by atoms with Crippen LogP contribution in [-0.2, 0) is 15.5 Å². The van der Waals surface area contributed by atoms with Crippen LogP contribution in [0.25, 0.3) is 33.0 Å². The molecule has 0 spiro atoms. The molecule has 0 radical (unpaired) electrons. The summed E-state index contributed by atoms with van der Waals surface area (Å²) in [6, 6.07) is 6.61. The fourth-order valence-electron chi connectivity index (χ4n) is 6.89. The Morgan fingerprint density at radius 1 is 1.07 bits per heavy atom. The second-order valence-corrected chi connectivity index (χ2v) is 19.7. The minimum Gasteiger partial charge on any atom is -0.468 e. The molecular formula is C35H42FN3O5SSi. The van der Waals surface area contributed by atoms with E-state index in [0.717, 1.165) is 19.5 Å². The zero-order chi connectivity index (χ0) is 33.5. The third kappa shape index (κ3) is 5.87. The number of rotatable bonds is 9. The van der Waals surface area contributed by atoms with Crippen molar-refractivity contribution in [3.8, 4) is 28.5 Å². The molecular weight excluding hydrogens is 622 g/mol. The van der Waals surface area contributed by atoms with Gasteiger partial charge in [0.15, 0.2) is 6.79 Å². The van der Waals surface area contributed by atoms with Gasteiger partial charge in [0, 0.05) is 43.0 Å². The molecule has 2 aromatic carbocycles. The summed E-state index contributed by atoms with van der Waals surface area (Å²) in [6.07, 6.45) is 2.47. The Balaban J connectivity index is 1.88. The largest absolute Gasteiger partial charge is 0.468 e. The Labute approximate surface area is 273 Å². The first-order chi connectivity index (χ1) is 21.8. The number of fused-ring (bicyclic) bond motifs is 2. The highest BCUT2D eigenvalue weighted by Gasteiger charge is 2.42. The van der Waals surface area contributed by atoms with Crippen LogP contribution in [0.3, 0.4) is 0 Å². The number of methoxy groups -OCH3 is 1. The molecule has 5 rings (SSSR count). The van der Waals surface area contributed by atoms with Crippen LogP contribution >= 0.6 is 0 Å². The fourth-order valence-corrected chi connectivity index (χ4v) is 12.5. The summed E-state index contributed by atoms with van der Waals surface area (Å²) in [4.78, 5) is 24.9. The third-order valence-corrected chi connectivity index (χ3v) is 16.3. The monoisotopic (exact) mass is 663 g/mol. The van der Waals surface area contributed by atoms with Gasteiger partial charge < -0.3 is 18.8 Å². The highest BCUT2D eigenvalue weighted by Crippen LogP contribution is 2.42. The Morgan fingerprint density at radius 2 is 1.74 bits per heavy atom. The smallest absolute Gasteiger partial charge is 0.349 e. The van der Waals surface area contributed by atoms with Gasteiger partial charge in [0.25, 0.3) is 0 Å². The number of aryl methyl sites for hydroxylation is 1. The number of ether oxygens (including phenoxy) is 2. The molecule has 0 N–H and O–H groups in total. The lowest BCUT2D eigenvalue weighted by molar-refractivity contribution is 0.0512. The maximum Gasteiger partial charge on any atom is 0.349 e. The summed E-state index contributed by atoms with van der Waals surface area (Å²) >= 11 is 0. The Bertz CT molecular complexity index is 1940. The minimum atomic E-state index is -2.23. The number of hydrogen-bond donors (Lipinski definition) is 0. The quantitative estimate of drug-likeness (QED) is 0.0794. The molecule has 0 saturated carbocycles. The van der Waals surface area contributed by atoms with Crippen LogP contribution in [0.4, 0.5) is 10.2 Å². The lowest BCUT2D eigenvalue weighted by atomic mass is 9.95. The van der Waals surface area contributed by atoms with E-state index in [-0.39, 0.29) is 28.7 Å². The summed E-state index contributed by atoms with van der Waals surface area (Å²) in [6.45, 7) is 16.5. The van der Waals surface area contributed by atoms with E-state index in [9.17, 15) is 9.00 Å². The normalized spacial score (nSPS) is 14.2. The minimum absolute atomic E-state index is 0.0111. The summed E-state index contributed by atoms with van der Waals surface area (Å²) in [7, 11) is -2.20. The van der Waals surface area contributed by atoms with Crippen LogP contribution in [0.5, 0.6) is 5.75 Å². The molecule has 1 saturated heterocycles. The van der Waals surface area contributed by atoms with Crippen molar-refractivity contribution in [1.29, 1.82) is 0 Å². The maximum absolute atomic E-state index is 16.0. The van der Waals surface area contributed by atoms with Crippen molar-refractivity contribution >= 4 is 46.4 Å². The van der Waals surface area contributed by atoms with Gasteiger partial charge in [-0.05, 0) is 53.6 Å². The van der Waals surface area contributed by atoms with E-state index >= 15 is 4.39 Å². The third-order valence-electron chi connectivity index (χ3n) is 9.28. The van der Waals surface area contributed by atoms with E-state index in [1.54, 1.807) is 25.1 Å². The molecule has 0 bridgehead atoms. The molecule has 0 aliphatic carbocycles. The standard InChI is InChI=1S/C35H42FN3O5SSi/c1-20(2)46(21(3)4,22(5)6)16-13-26-28(36)12-11-24-17-25(43-19-42-8)18-27(29(24)26)32-23(7)31-30(34(40)44-32)33(39-14-10-15-39)38-35(37-31)45(9)41/h11-12,17-18,20-22H,10,14-15,19H2,1-9H3. The lowest BCUT2D eigenvalue weighted by Crippen LogP contribution is -2.43. The molecule has 46 heavy (non-hydrogen) atoms. The van der Waals surface area contributed by atoms with Gasteiger partial charge in [0.05, 0.1) is 21.9 Å². The van der Waals surface area contributed by atoms with Crippen molar-refractivity contribution in [2.24, 2.45) is 0 Å². The SMILES string of the molecule is COCOc1cc(-c2oc(=O)c3c(N4CCC4)nc(S(C)=O)nc3c2C)c2c(C#C[Si](C(C)C)(C(C)C)C(C)C)c(F)ccc2c1. The van der Waals surface area contributed by atoms with Crippen LogP contribution < -0.4 is 15.3 Å². The molecule has 4 aromatic rings.